The highest BCUT2D eigenvalue weighted by Gasteiger charge is 2.25. The minimum atomic E-state index is 0.00197. The van der Waals surface area contributed by atoms with Gasteiger partial charge in [0.2, 0.25) is 0 Å². The summed E-state index contributed by atoms with van der Waals surface area (Å²) >= 11 is 0. The molecule has 1 aliphatic rings. The molecule has 3 aromatic rings. The van der Waals surface area contributed by atoms with Crippen molar-refractivity contribution in [3.05, 3.63) is 52.7 Å². The molecule has 1 unspecified atom stereocenters. The Hall–Kier alpha value is -2.47. The van der Waals surface area contributed by atoms with Crippen molar-refractivity contribution in [1.29, 1.82) is 0 Å². The van der Waals surface area contributed by atoms with Gasteiger partial charge in [-0.1, -0.05) is 18.2 Å². The molecule has 0 aliphatic carbocycles. The van der Waals surface area contributed by atoms with Crippen LogP contribution < -0.4 is 5.56 Å². The molecule has 2 aromatic heterocycles. The van der Waals surface area contributed by atoms with Crippen LogP contribution in [0.3, 0.4) is 0 Å². The molecule has 1 aliphatic heterocycles. The highest BCUT2D eigenvalue weighted by atomic mass is 16.1. The van der Waals surface area contributed by atoms with E-state index in [1.165, 1.54) is 0 Å². The summed E-state index contributed by atoms with van der Waals surface area (Å²) < 4.78 is 3.52. The Labute approximate surface area is 127 Å². The van der Waals surface area contributed by atoms with Gasteiger partial charge < -0.3 is 0 Å². The van der Waals surface area contributed by atoms with Gasteiger partial charge in [0.15, 0.2) is 5.65 Å². The predicted molar refractivity (Wildman–Crippen MR) is 84.2 cm³/mol. The third kappa shape index (κ3) is 1.80. The molecule has 1 aromatic carbocycles. The average Bonchev–Trinajstić information content (AvgIpc) is 2.97. The molecule has 1 atom stereocenters. The van der Waals surface area contributed by atoms with Crippen LogP contribution in [0.2, 0.25) is 0 Å². The van der Waals surface area contributed by atoms with Gasteiger partial charge in [0.1, 0.15) is 11.2 Å². The standard InChI is InChI=1S/C16H17N5O/c1-11-14-18-15-13(16(22)20(14)9-8-19(11)2)10-17-21(15)12-6-4-3-5-7-12/h3-7,10-11H,8-9H2,1-2H3. The fourth-order valence-electron chi connectivity index (χ4n) is 2.96. The number of aromatic nitrogens is 4. The summed E-state index contributed by atoms with van der Waals surface area (Å²) in [5.74, 6) is 0.809. The van der Waals surface area contributed by atoms with Crippen LogP contribution in [0.4, 0.5) is 0 Å². The maximum Gasteiger partial charge on any atom is 0.264 e. The molecule has 3 heterocycles. The third-order valence-corrected chi connectivity index (χ3v) is 4.43. The molecule has 22 heavy (non-hydrogen) atoms. The van der Waals surface area contributed by atoms with Crippen molar-refractivity contribution >= 4 is 11.0 Å². The maximum absolute atomic E-state index is 12.7. The lowest BCUT2D eigenvalue weighted by Gasteiger charge is -2.31. The number of nitrogens with zero attached hydrogens (tertiary/aromatic N) is 5. The van der Waals surface area contributed by atoms with E-state index in [-0.39, 0.29) is 11.6 Å². The van der Waals surface area contributed by atoms with Crippen LogP contribution >= 0.6 is 0 Å². The zero-order valence-electron chi connectivity index (χ0n) is 12.6. The van der Waals surface area contributed by atoms with Crippen LogP contribution in [0.25, 0.3) is 16.7 Å². The summed E-state index contributed by atoms with van der Waals surface area (Å²) in [5.41, 5.74) is 1.54. The Morgan fingerprint density at radius 1 is 1.18 bits per heavy atom. The summed E-state index contributed by atoms with van der Waals surface area (Å²) in [5, 5.41) is 4.94. The Balaban J connectivity index is 2.01. The van der Waals surface area contributed by atoms with Crippen molar-refractivity contribution in [2.24, 2.45) is 0 Å². The minimum absolute atomic E-state index is 0.00197. The van der Waals surface area contributed by atoms with Crippen molar-refractivity contribution in [3.8, 4) is 5.69 Å². The second-order valence-corrected chi connectivity index (χ2v) is 5.71. The number of hydrogen-bond donors (Lipinski definition) is 0. The van der Waals surface area contributed by atoms with Crippen LogP contribution in [-0.2, 0) is 6.54 Å². The molecule has 6 nitrogen and oxygen atoms in total. The van der Waals surface area contributed by atoms with Crippen LogP contribution in [-0.4, -0.2) is 37.8 Å². The van der Waals surface area contributed by atoms with Gasteiger partial charge in [-0.15, -0.1) is 0 Å². The van der Waals surface area contributed by atoms with E-state index in [1.807, 2.05) is 30.3 Å². The van der Waals surface area contributed by atoms with Gasteiger partial charge in [0, 0.05) is 13.1 Å². The van der Waals surface area contributed by atoms with Gasteiger partial charge in [0.05, 0.1) is 17.9 Å². The first-order chi connectivity index (χ1) is 10.7. The lowest BCUT2D eigenvalue weighted by atomic mass is 10.2. The summed E-state index contributed by atoms with van der Waals surface area (Å²) in [4.78, 5) is 19.7. The largest absolute Gasteiger partial charge is 0.295 e. The number of hydrogen-bond acceptors (Lipinski definition) is 4. The zero-order chi connectivity index (χ0) is 15.3. The third-order valence-electron chi connectivity index (χ3n) is 4.43. The van der Waals surface area contributed by atoms with Gasteiger partial charge in [0.25, 0.3) is 5.56 Å². The lowest BCUT2D eigenvalue weighted by molar-refractivity contribution is 0.201. The quantitative estimate of drug-likeness (QED) is 0.684. The monoisotopic (exact) mass is 295 g/mol. The Bertz CT molecular complexity index is 896. The first-order valence-corrected chi connectivity index (χ1v) is 7.41. The highest BCUT2D eigenvalue weighted by molar-refractivity contribution is 5.75. The van der Waals surface area contributed by atoms with Crippen LogP contribution in [0.1, 0.15) is 18.8 Å². The Kier molecular flexibility index (Phi) is 2.87. The molecule has 0 saturated carbocycles. The smallest absolute Gasteiger partial charge is 0.264 e. The van der Waals surface area contributed by atoms with E-state index >= 15 is 0 Å². The van der Waals surface area contributed by atoms with Crippen molar-refractivity contribution in [1.82, 2.24) is 24.2 Å². The number of likely N-dealkylation sites (N-methyl/N-ethyl adjacent to an activating group) is 1. The van der Waals surface area contributed by atoms with Crippen molar-refractivity contribution in [2.45, 2.75) is 19.5 Å². The number of para-hydroxylation sites is 1. The highest BCUT2D eigenvalue weighted by Crippen LogP contribution is 2.22. The van der Waals surface area contributed by atoms with Crippen molar-refractivity contribution in [3.63, 3.8) is 0 Å². The number of fused-ring (bicyclic) bond motifs is 2. The van der Waals surface area contributed by atoms with Crippen molar-refractivity contribution in [2.75, 3.05) is 13.6 Å². The van der Waals surface area contributed by atoms with Crippen LogP contribution in [0.15, 0.2) is 41.3 Å². The first kappa shape index (κ1) is 13.2. The Morgan fingerprint density at radius 2 is 1.95 bits per heavy atom. The molecule has 4 rings (SSSR count). The van der Waals surface area contributed by atoms with Gasteiger partial charge in [-0.25, -0.2) is 9.67 Å². The molecule has 0 bridgehead atoms. The minimum Gasteiger partial charge on any atom is -0.295 e. The molecule has 112 valence electrons. The topological polar surface area (TPSA) is 56.0 Å². The molecular weight excluding hydrogens is 278 g/mol. The fraction of sp³-hybridized carbons (Fsp3) is 0.312. The summed E-state index contributed by atoms with van der Waals surface area (Å²) in [7, 11) is 2.05. The molecule has 0 radical (unpaired) electrons. The fourth-order valence-corrected chi connectivity index (χ4v) is 2.96. The second-order valence-electron chi connectivity index (χ2n) is 5.71. The molecule has 0 spiro atoms. The molecule has 0 saturated heterocycles. The summed E-state index contributed by atoms with van der Waals surface area (Å²) in [6.45, 7) is 3.61. The average molecular weight is 295 g/mol. The Morgan fingerprint density at radius 3 is 2.73 bits per heavy atom. The summed E-state index contributed by atoms with van der Waals surface area (Å²) in [6, 6.07) is 9.89. The molecular formula is C16H17N5O. The van der Waals surface area contributed by atoms with E-state index < -0.39 is 0 Å². The van der Waals surface area contributed by atoms with Gasteiger partial charge in [-0.05, 0) is 26.1 Å². The maximum atomic E-state index is 12.7. The number of rotatable bonds is 1. The van der Waals surface area contributed by atoms with Crippen molar-refractivity contribution < 1.29 is 0 Å². The predicted octanol–water partition coefficient (Wildman–Crippen LogP) is 1.59. The van der Waals surface area contributed by atoms with Gasteiger partial charge in [-0.3, -0.25) is 14.3 Å². The molecule has 0 N–H and O–H groups in total. The first-order valence-electron chi connectivity index (χ1n) is 7.41. The van der Waals surface area contributed by atoms with Gasteiger partial charge in [-0.2, -0.15) is 5.10 Å². The zero-order valence-corrected chi connectivity index (χ0v) is 12.6. The van der Waals surface area contributed by atoms with E-state index in [2.05, 4.69) is 24.0 Å². The molecule has 0 amide bonds. The van der Waals surface area contributed by atoms with E-state index in [0.29, 0.717) is 17.6 Å². The second kappa shape index (κ2) is 4.78. The van der Waals surface area contributed by atoms with Crippen LogP contribution in [0.5, 0.6) is 0 Å². The van der Waals surface area contributed by atoms with Gasteiger partial charge >= 0.3 is 0 Å². The number of benzene rings is 1. The normalized spacial score (nSPS) is 18.5. The van der Waals surface area contributed by atoms with Crippen LogP contribution in [0, 0.1) is 0 Å². The van der Waals surface area contributed by atoms with E-state index in [0.717, 1.165) is 18.1 Å². The molecule has 0 fully saturated rings. The van der Waals surface area contributed by atoms with E-state index in [1.54, 1.807) is 15.4 Å². The SMILES string of the molecule is CC1c2nc3c(cnn3-c3ccccc3)c(=O)n2CCN1C. The molecule has 6 heteroatoms. The van der Waals surface area contributed by atoms with E-state index in [4.69, 9.17) is 4.98 Å². The summed E-state index contributed by atoms with van der Waals surface area (Å²) in [6.07, 6.45) is 1.62. The van der Waals surface area contributed by atoms with E-state index in [9.17, 15) is 4.79 Å². The lowest BCUT2D eigenvalue weighted by Crippen LogP contribution is -2.40.